The van der Waals surface area contributed by atoms with Crippen molar-refractivity contribution in [3.05, 3.63) is 22.7 Å². The van der Waals surface area contributed by atoms with Gasteiger partial charge in [0.25, 0.3) is 0 Å². The van der Waals surface area contributed by atoms with Crippen LogP contribution < -0.4 is 15.8 Å². The number of nitrogens with two attached hydrogens (primary N) is 1. The van der Waals surface area contributed by atoms with Gasteiger partial charge in [0.05, 0.1) is 24.4 Å². The van der Waals surface area contributed by atoms with E-state index >= 15 is 0 Å². The van der Waals surface area contributed by atoms with Gasteiger partial charge in [-0.1, -0.05) is 11.6 Å². The maximum Gasteiger partial charge on any atom is 0.339 e. The SMILES string of the molecule is COc1cc(NC(=O)CN)c(Cl)cc1C(=O)O. The number of anilines is 1. The molecule has 0 aromatic heterocycles. The molecule has 1 aromatic rings. The molecule has 17 heavy (non-hydrogen) atoms. The molecule has 0 fully saturated rings. The second kappa shape index (κ2) is 5.51. The molecule has 0 aliphatic heterocycles. The minimum Gasteiger partial charge on any atom is -0.496 e. The normalized spacial score (nSPS) is 9.82. The van der Waals surface area contributed by atoms with Gasteiger partial charge < -0.3 is 20.9 Å². The van der Waals surface area contributed by atoms with Gasteiger partial charge in [0, 0.05) is 6.07 Å². The van der Waals surface area contributed by atoms with E-state index in [1.807, 2.05) is 0 Å². The number of benzene rings is 1. The number of ether oxygens (including phenoxy) is 1. The van der Waals surface area contributed by atoms with Gasteiger partial charge >= 0.3 is 5.97 Å². The molecule has 1 amide bonds. The fraction of sp³-hybridized carbons (Fsp3) is 0.200. The fourth-order valence-electron chi connectivity index (χ4n) is 1.19. The van der Waals surface area contributed by atoms with Gasteiger partial charge in [0.15, 0.2) is 0 Å². The highest BCUT2D eigenvalue weighted by atomic mass is 35.5. The Bertz CT molecular complexity index is 462. The molecule has 1 rings (SSSR count). The largest absolute Gasteiger partial charge is 0.496 e. The van der Waals surface area contributed by atoms with E-state index in [1.54, 1.807) is 0 Å². The number of aromatic carboxylic acids is 1. The van der Waals surface area contributed by atoms with Crippen LogP contribution in [0.1, 0.15) is 10.4 Å². The zero-order valence-electron chi connectivity index (χ0n) is 8.99. The molecule has 0 radical (unpaired) electrons. The second-order valence-corrected chi connectivity index (χ2v) is 3.50. The summed E-state index contributed by atoms with van der Waals surface area (Å²) in [5.74, 6) is -1.49. The summed E-state index contributed by atoms with van der Waals surface area (Å²) in [6.45, 7) is -0.195. The Morgan fingerprint density at radius 1 is 1.53 bits per heavy atom. The van der Waals surface area contributed by atoms with Crippen LogP contribution in [0.4, 0.5) is 5.69 Å². The molecule has 0 bridgehead atoms. The molecule has 0 heterocycles. The Kier molecular flexibility index (Phi) is 4.30. The zero-order valence-corrected chi connectivity index (χ0v) is 9.75. The lowest BCUT2D eigenvalue weighted by molar-refractivity contribution is -0.114. The predicted molar refractivity (Wildman–Crippen MR) is 62.6 cm³/mol. The van der Waals surface area contributed by atoms with Gasteiger partial charge in [-0.3, -0.25) is 4.79 Å². The standard InChI is InChI=1S/C10H11ClN2O4/c1-17-8-3-7(13-9(14)4-12)6(11)2-5(8)10(15)16/h2-3H,4,12H2,1H3,(H,13,14)(H,15,16). The van der Waals surface area contributed by atoms with E-state index in [4.69, 9.17) is 27.2 Å². The van der Waals surface area contributed by atoms with Crippen LogP contribution in [-0.4, -0.2) is 30.6 Å². The van der Waals surface area contributed by atoms with Gasteiger partial charge in [-0.05, 0) is 6.07 Å². The first-order chi connectivity index (χ1) is 7.99. The number of carbonyl (C=O) groups excluding carboxylic acids is 1. The lowest BCUT2D eigenvalue weighted by Crippen LogP contribution is -2.22. The minimum atomic E-state index is -1.17. The maximum absolute atomic E-state index is 11.1. The van der Waals surface area contributed by atoms with Crippen LogP contribution in [0.25, 0.3) is 0 Å². The summed E-state index contributed by atoms with van der Waals surface area (Å²) >= 11 is 5.83. The van der Waals surface area contributed by atoms with Gasteiger partial charge in [-0.25, -0.2) is 4.79 Å². The Balaban J connectivity index is 3.17. The molecule has 0 saturated heterocycles. The smallest absolute Gasteiger partial charge is 0.339 e. The maximum atomic E-state index is 11.1. The number of halogens is 1. The highest BCUT2D eigenvalue weighted by molar-refractivity contribution is 6.34. The van der Waals surface area contributed by atoms with Crippen molar-refractivity contribution in [2.45, 2.75) is 0 Å². The number of carboxylic acids is 1. The van der Waals surface area contributed by atoms with Crippen molar-refractivity contribution in [1.82, 2.24) is 0 Å². The van der Waals surface area contributed by atoms with Gasteiger partial charge in [-0.15, -0.1) is 0 Å². The molecule has 1 aromatic carbocycles. The quantitative estimate of drug-likeness (QED) is 0.746. The van der Waals surface area contributed by atoms with Crippen molar-refractivity contribution in [2.24, 2.45) is 5.73 Å². The highest BCUT2D eigenvalue weighted by Gasteiger charge is 2.15. The average molecular weight is 259 g/mol. The third-order valence-corrected chi connectivity index (χ3v) is 2.29. The summed E-state index contributed by atoms with van der Waals surface area (Å²) in [6.07, 6.45) is 0. The Morgan fingerprint density at radius 3 is 2.65 bits per heavy atom. The summed E-state index contributed by atoms with van der Waals surface area (Å²) in [4.78, 5) is 22.0. The van der Waals surface area contributed by atoms with Crippen LogP contribution in [0.3, 0.4) is 0 Å². The molecule has 0 spiro atoms. The number of hydrogen-bond acceptors (Lipinski definition) is 4. The second-order valence-electron chi connectivity index (χ2n) is 3.09. The number of hydrogen-bond donors (Lipinski definition) is 3. The molecule has 0 aliphatic rings. The highest BCUT2D eigenvalue weighted by Crippen LogP contribution is 2.30. The van der Waals surface area contributed by atoms with E-state index in [0.717, 1.165) is 0 Å². The first-order valence-electron chi connectivity index (χ1n) is 4.60. The number of rotatable bonds is 4. The molecule has 0 unspecified atom stereocenters. The van der Waals surface area contributed by atoms with Crippen LogP contribution in [0.5, 0.6) is 5.75 Å². The third kappa shape index (κ3) is 3.08. The molecular weight excluding hydrogens is 248 g/mol. The minimum absolute atomic E-state index is 0.0803. The first-order valence-corrected chi connectivity index (χ1v) is 4.98. The number of methoxy groups -OCH3 is 1. The zero-order chi connectivity index (χ0) is 13.0. The molecule has 4 N–H and O–H groups in total. The van der Waals surface area contributed by atoms with E-state index < -0.39 is 11.9 Å². The molecule has 92 valence electrons. The van der Waals surface area contributed by atoms with Crippen molar-refractivity contribution in [3.63, 3.8) is 0 Å². The summed E-state index contributed by atoms with van der Waals surface area (Å²) in [6, 6.07) is 2.54. The molecule has 6 nitrogen and oxygen atoms in total. The van der Waals surface area contributed by atoms with Crippen LogP contribution >= 0.6 is 11.6 Å². The molecular formula is C10H11ClN2O4. The monoisotopic (exact) mass is 258 g/mol. The van der Waals surface area contributed by atoms with E-state index in [-0.39, 0.29) is 28.6 Å². The summed E-state index contributed by atoms with van der Waals surface area (Å²) in [7, 11) is 1.32. The van der Waals surface area contributed by atoms with Gasteiger partial charge in [-0.2, -0.15) is 0 Å². The Labute approximate surface area is 102 Å². The number of amides is 1. The molecule has 0 aliphatic carbocycles. The van der Waals surface area contributed by atoms with E-state index in [2.05, 4.69) is 5.32 Å². The third-order valence-electron chi connectivity index (χ3n) is 1.98. The van der Waals surface area contributed by atoms with E-state index in [0.29, 0.717) is 0 Å². The van der Waals surface area contributed by atoms with Crippen LogP contribution in [-0.2, 0) is 4.79 Å². The van der Waals surface area contributed by atoms with E-state index in [1.165, 1.54) is 19.2 Å². The van der Waals surface area contributed by atoms with Crippen molar-refractivity contribution in [3.8, 4) is 5.75 Å². The lowest BCUT2D eigenvalue weighted by atomic mass is 10.1. The lowest BCUT2D eigenvalue weighted by Gasteiger charge is -2.10. The first kappa shape index (κ1) is 13.3. The van der Waals surface area contributed by atoms with Crippen molar-refractivity contribution in [1.29, 1.82) is 0 Å². The topological polar surface area (TPSA) is 102 Å². The van der Waals surface area contributed by atoms with Crippen molar-refractivity contribution < 1.29 is 19.4 Å². The fourth-order valence-corrected chi connectivity index (χ4v) is 1.40. The summed E-state index contributed by atoms with van der Waals surface area (Å²) < 4.78 is 4.90. The van der Waals surface area contributed by atoms with Crippen LogP contribution in [0, 0.1) is 0 Å². The summed E-state index contributed by atoms with van der Waals surface area (Å²) in [5.41, 5.74) is 5.31. The van der Waals surface area contributed by atoms with Crippen molar-refractivity contribution >= 4 is 29.2 Å². The van der Waals surface area contributed by atoms with Crippen LogP contribution in [0.2, 0.25) is 5.02 Å². The predicted octanol–water partition coefficient (Wildman–Crippen LogP) is 0.944. The molecule has 0 saturated carbocycles. The van der Waals surface area contributed by atoms with Crippen molar-refractivity contribution in [2.75, 3.05) is 19.0 Å². The number of nitrogens with one attached hydrogen (secondary N) is 1. The van der Waals surface area contributed by atoms with E-state index in [9.17, 15) is 9.59 Å². The van der Waals surface area contributed by atoms with Gasteiger partial charge in [0.2, 0.25) is 5.91 Å². The Hall–Kier alpha value is -1.79. The van der Waals surface area contributed by atoms with Gasteiger partial charge in [0.1, 0.15) is 11.3 Å². The molecule has 7 heteroatoms. The average Bonchev–Trinajstić information content (AvgIpc) is 2.30. The number of carboxylic acid groups (broad SMARTS) is 1. The molecule has 0 atom stereocenters. The summed E-state index contributed by atoms with van der Waals surface area (Å²) in [5, 5.41) is 11.4. The van der Waals surface area contributed by atoms with Crippen LogP contribution in [0.15, 0.2) is 12.1 Å². The number of carbonyl (C=O) groups is 2. The Morgan fingerprint density at radius 2 is 2.18 bits per heavy atom.